The second-order valence-electron chi connectivity index (χ2n) is 9.28. The molecular formula is C30H34N8O4S. The first-order valence-corrected chi connectivity index (χ1v) is 14.7. The summed E-state index contributed by atoms with van der Waals surface area (Å²) in [5, 5.41) is 9.17. The van der Waals surface area contributed by atoms with Crippen molar-refractivity contribution in [1.29, 1.82) is 0 Å². The number of hydrogen-bond donors (Lipinski definition) is 3. The third-order valence-corrected chi connectivity index (χ3v) is 7.42. The van der Waals surface area contributed by atoms with Crippen molar-refractivity contribution in [3.8, 4) is 28.3 Å². The fourth-order valence-electron chi connectivity index (χ4n) is 4.25. The Bertz CT molecular complexity index is 1550. The van der Waals surface area contributed by atoms with E-state index in [2.05, 4.69) is 24.8 Å². The molecule has 43 heavy (non-hydrogen) atoms. The average Bonchev–Trinajstić information content (AvgIpc) is 3.59. The van der Waals surface area contributed by atoms with Gasteiger partial charge in [0.05, 0.1) is 31.0 Å². The van der Waals surface area contributed by atoms with Crippen molar-refractivity contribution in [3.63, 3.8) is 0 Å². The van der Waals surface area contributed by atoms with Crippen LogP contribution in [-0.2, 0) is 0 Å². The highest BCUT2D eigenvalue weighted by Crippen LogP contribution is 2.29. The average molecular weight is 603 g/mol. The van der Waals surface area contributed by atoms with Crippen molar-refractivity contribution in [2.75, 3.05) is 54.8 Å². The van der Waals surface area contributed by atoms with Gasteiger partial charge in [0.25, 0.3) is 11.8 Å². The van der Waals surface area contributed by atoms with Crippen LogP contribution in [0.15, 0.2) is 66.7 Å². The molecule has 0 spiro atoms. The third kappa shape index (κ3) is 7.96. The van der Waals surface area contributed by atoms with Crippen molar-refractivity contribution in [2.24, 2.45) is 11.5 Å². The minimum atomic E-state index is -0.634. The smallest absolute Gasteiger partial charge is 0.267 e. The van der Waals surface area contributed by atoms with Gasteiger partial charge in [-0.05, 0) is 31.2 Å². The molecule has 0 bridgehead atoms. The first-order chi connectivity index (χ1) is 20.8. The molecule has 0 saturated carbocycles. The van der Waals surface area contributed by atoms with Gasteiger partial charge in [0.15, 0.2) is 0 Å². The molecule has 0 aliphatic carbocycles. The van der Waals surface area contributed by atoms with E-state index in [0.717, 1.165) is 35.0 Å². The molecule has 1 saturated heterocycles. The predicted octanol–water partition coefficient (Wildman–Crippen LogP) is 2.82. The minimum Gasteiger partial charge on any atom is -0.496 e. The van der Waals surface area contributed by atoms with Crippen molar-refractivity contribution in [2.45, 2.75) is 6.92 Å². The summed E-state index contributed by atoms with van der Waals surface area (Å²) in [7, 11) is 1.57. The molecule has 13 heteroatoms. The topological polar surface area (TPSA) is 174 Å². The molecule has 2 amide bonds. The number of aliphatic hydroxyl groups excluding tert-OH is 1. The normalized spacial score (nSPS) is 12.3. The van der Waals surface area contributed by atoms with Crippen LogP contribution in [0.3, 0.4) is 0 Å². The van der Waals surface area contributed by atoms with Crippen molar-refractivity contribution >= 4 is 35.5 Å². The predicted molar refractivity (Wildman–Crippen MR) is 168 cm³/mol. The number of ether oxygens (including phenoxy) is 1. The molecule has 2 aromatic carbocycles. The van der Waals surface area contributed by atoms with E-state index in [0.29, 0.717) is 36.4 Å². The van der Waals surface area contributed by atoms with Gasteiger partial charge in [0, 0.05) is 36.5 Å². The SMILES string of the molecule is CCN(CCO)c1nc(C(N)=O)cc(-c2ccccc2OC)n1.NC(=O)c1cc(-c2ccccc2)nc(N2CCSC2)n1. The molecule has 0 unspecified atom stereocenters. The fourth-order valence-corrected chi connectivity index (χ4v) is 5.19. The molecule has 1 aliphatic heterocycles. The molecule has 1 aliphatic rings. The summed E-state index contributed by atoms with van der Waals surface area (Å²) in [5.41, 5.74) is 14.1. The summed E-state index contributed by atoms with van der Waals surface area (Å²) in [5.74, 6) is 2.28. The second-order valence-corrected chi connectivity index (χ2v) is 10.4. The minimum absolute atomic E-state index is 0.0397. The Labute approximate surface area is 254 Å². The number of rotatable bonds is 10. The van der Waals surface area contributed by atoms with Gasteiger partial charge in [-0.25, -0.2) is 19.9 Å². The van der Waals surface area contributed by atoms with Gasteiger partial charge in [0.1, 0.15) is 17.1 Å². The number of aromatic nitrogens is 4. The van der Waals surface area contributed by atoms with Crippen LogP contribution in [0, 0.1) is 0 Å². The quantitative estimate of drug-likeness (QED) is 0.243. The maximum Gasteiger partial charge on any atom is 0.267 e. The highest BCUT2D eigenvalue weighted by molar-refractivity contribution is 7.99. The third-order valence-electron chi connectivity index (χ3n) is 6.46. The lowest BCUT2D eigenvalue weighted by Gasteiger charge is -2.20. The number of para-hydroxylation sites is 1. The largest absolute Gasteiger partial charge is 0.496 e. The molecule has 12 nitrogen and oxygen atoms in total. The Kier molecular flexibility index (Phi) is 10.8. The Morgan fingerprint density at radius 3 is 2.26 bits per heavy atom. The van der Waals surface area contributed by atoms with Gasteiger partial charge in [-0.1, -0.05) is 42.5 Å². The number of likely N-dealkylation sites (N-methyl/N-ethyl adjacent to an activating group) is 1. The Morgan fingerprint density at radius 1 is 0.953 bits per heavy atom. The number of amides is 2. The molecule has 224 valence electrons. The highest BCUT2D eigenvalue weighted by Gasteiger charge is 2.19. The fraction of sp³-hybridized carbons (Fsp3) is 0.267. The van der Waals surface area contributed by atoms with Crippen LogP contribution in [0.25, 0.3) is 22.5 Å². The summed E-state index contributed by atoms with van der Waals surface area (Å²) >= 11 is 1.82. The molecule has 5 rings (SSSR count). The van der Waals surface area contributed by atoms with Crippen LogP contribution < -0.4 is 26.0 Å². The molecule has 5 N–H and O–H groups in total. The molecule has 0 atom stereocenters. The molecule has 3 heterocycles. The van der Waals surface area contributed by atoms with E-state index in [1.54, 1.807) is 18.1 Å². The van der Waals surface area contributed by atoms with Crippen LogP contribution in [0.1, 0.15) is 27.9 Å². The summed E-state index contributed by atoms with van der Waals surface area (Å²) in [6.07, 6.45) is 0. The molecule has 4 aromatic rings. The lowest BCUT2D eigenvalue weighted by molar-refractivity contribution is 0.0987. The van der Waals surface area contributed by atoms with E-state index in [-0.39, 0.29) is 18.0 Å². The lowest BCUT2D eigenvalue weighted by Crippen LogP contribution is -2.29. The number of thioether (sulfide) groups is 1. The Balaban J connectivity index is 0.000000198. The summed E-state index contributed by atoms with van der Waals surface area (Å²) in [6, 6.07) is 20.3. The number of methoxy groups -OCH3 is 1. The van der Waals surface area contributed by atoms with Gasteiger partial charge >= 0.3 is 0 Å². The van der Waals surface area contributed by atoms with E-state index < -0.39 is 11.8 Å². The van der Waals surface area contributed by atoms with Crippen LogP contribution in [-0.4, -0.2) is 81.8 Å². The van der Waals surface area contributed by atoms with Crippen LogP contribution in [0.4, 0.5) is 11.9 Å². The summed E-state index contributed by atoms with van der Waals surface area (Å²) < 4.78 is 5.34. The zero-order valence-electron chi connectivity index (χ0n) is 24.0. The van der Waals surface area contributed by atoms with E-state index in [9.17, 15) is 9.59 Å². The van der Waals surface area contributed by atoms with Gasteiger partial charge < -0.3 is 31.1 Å². The number of primary amides is 2. The van der Waals surface area contributed by atoms with E-state index in [1.807, 2.05) is 73.3 Å². The van der Waals surface area contributed by atoms with Crippen molar-refractivity contribution in [3.05, 3.63) is 78.1 Å². The first-order valence-electron chi connectivity index (χ1n) is 13.6. The maximum atomic E-state index is 11.6. The number of benzene rings is 2. The first kappa shape index (κ1) is 31.2. The van der Waals surface area contributed by atoms with Gasteiger partial charge in [-0.3, -0.25) is 9.59 Å². The Morgan fingerprint density at radius 2 is 1.63 bits per heavy atom. The maximum absolute atomic E-state index is 11.6. The second kappa shape index (κ2) is 14.9. The number of hydrogen-bond acceptors (Lipinski definition) is 11. The number of anilines is 2. The van der Waals surface area contributed by atoms with Gasteiger partial charge in [-0.2, -0.15) is 0 Å². The highest BCUT2D eigenvalue weighted by atomic mass is 32.2. The summed E-state index contributed by atoms with van der Waals surface area (Å²) in [4.78, 5) is 44.4. The van der Waals surface area contributed by atoms with Gasteiger partial charge in [-0.15, -0.1) is 11.8 Å². The van der Waals surface area contributed by atoms with Gasteiger partial charge in [0.2, 0.25) is 11.9 Å². The van der Waals surface area contributed by atoms with Crippen molar-refractivity contribution in [1.82, 2.24) is 19.9 Å². The number of carbonyl (C=O) groups excluding carboxylic acids is 2. The lowest BCUT2D eigenvalue weighted by atomic mass is 10.1. The van der Waals surface area contributed by atoms with Crippen LogP contribution in [0.5, 0.6) is 5.75 Å². The van der Waals surface area contributed by atoms with E-state index in [4.69, 9.17) is 21.3 Å². The number of carbonyl (C=O) groups is 2. The molecule has 2 aromatic heterocycles. The summed E-state index contributed by atoms with van der Waals surface area (Å²) in [6.45, 7) is 3.72. The standard InChI is InChI=1S/C16H20N4O3.C14H14N4OS/c1-3-20(8-9-21)16-18-12(10-13(19-16)15(17)22)11-6-4-5-7-14(11)23-2;15-13(19)12-8-11(10-4-2-1-3-5-10)16-14(17-12)18-6-7-20-9-18/h4-7,10,21H,3,8-9H2,1-2H3,(H2,17,22);1-5,8H,6-7,9H2,(H2,15,19). The number of nitrogens with zero attached hydrogens (tertiary/aromatic N) is 6. The van der Waals surface area contributed by atoms with Crippen LogP contribution in [0.2, 0.25) is 0 Å². The monoisotopic (exact) mass is 602 g/mol. The number of nitrogens with two attached hydrogens (primary N) is 2. The van der Waals surface area contributed by atoms with E-state index in [1.165, 1.54) is 6.07 Å². The van der Waals surface area contributed by atoms with E-state index >= 15 is 0 Å². The Hall–Kier alpha value is -4.75. The number of aliphatic hydroxyl groups is 1. The molecular weight excluding hydrogens is 568 g/mol. The molecule has 0 radical (unpaired) electrons. The van der Waals surface area contributed by atoms with Crippen LogP contribution >= 0.6 is 11.8 Å². The molecule has 1 fully saturated rings. The zero-order valence-corrected chi connectivity index (χ0v) is 24.8. The zero-order chi connectivity index (χ0) is 30.8. The van der Waals surface area contributed by atoms with Crippen molar-refractivity contribution < 1.29 is 19.4 Å².